The molecule has 13 aromatic rings. The highest BCUT2D eigenvalue weighted by Gasteiger charge is 2.83. The van der Waals surface area contributed by atoms with Crippen LogP contribution in [0.4, 0.5) is 105 Å². The maximum atomic E-state index is 16.4. The Hall–Kier alpha value is -9.32. The molecule has 4 aromatic carbocycles. The Balaban J connectivity index is 0.895. The Labute approximate surface area is 645 Å². The monoisotopic (exact) mass is 1700 g/mol. The summed E-state index contributed by atoms with van der Waals surface area (Å²) in [6, 6.07) is 49.7. The molecule has 4 aliphatic carbocycles. The van der Waals surface area contributed by atoms with Crippen molar-refractivity contribution in [3.63, 3.8) is 0 Å². The van der Waals surface area contributed by atoms with Crippen LogP contribution in [0.15, 0.2) is 97.1 Å². The van der Waals surface area contributed by atoms with Crippen molar-refractivity contribution in [2.75, 3.05) is 0 Å². The molecule has 32 heteroatoms. The number of thiophene rings is 8. The molecule has 0 spiro atoms. The minimum atomic E-state index is -6.06. The Morgan fingerprint density at radius 3 is 0.536 bits per heavy atom. The second kappa shape index (κ2) is 24.1. The molecule has 0 nitrogen and oxygen atoms in total. The van der Waals surface area contributed by atoms with Crippen LogP contribution in [0.2, 0.25) is 0 Å². The van der Waals surface area contributed by atoms with Gasteiger partial charge in [0.15, 0.2) is 0 Å². The minimum absolute atomic E-state index is 0.109. The van der Waals surface area contributed by atoms with Gasteiger partial charge in [0.25, 0.3) is 0 Å². The third-order valence-corrected chi connectivity index (χ3v) is 27.9. The largest absolute Gasteiger partial charge is 0.380 e. The topological polar surface area (TPSA) is 0 Å². The number of fused-ring (bicyclic) bond motifs is 28. The van der Waals surface area contributed by atoms with E-state index in [1.54, 1.807) is 0 Å². The normalized spacial score (nSPS) is 19.0. The zero-order chi connectivity index (χ0) is 80.2. The van der Waals surface area contributed by atoms with Gasteiger partial charge in [-0.2, -0.15) is 105 Å². The number of aryl methyl sites for hydroxylation is 4. The van der Waals surface area contributed by atoms with Crippen LogP contribution in [0.25, 0.3) is 121 Å². The van der Waals surface area contributed by atoms with Gasteiger partial charge < -0.3 is 0 Å². The smallest absolute Gasteiger partial charge is 0.194 e. The van der Waals surface area contributed by atoms with Crippen LogP contribution in [-0.4, -0.2) is 23.7 Å². The summed E-state index contributed by atoms with van der Waals surface area (Å²) in [5, 5.41) is -5.80. The first-order valence-corrected chi connectivity index (χ1v) is 38.6. The lowest BCUT2D eigenvalue weighted by Gasteiger charge is -2.23. The van der Waals surface area contributed by atoms with Crippen LogP contribution in [0.1, 0.15) is 64.0 Å². The minimum Gasteiger partial charge on any atom is -0.194 e. The fourth-order valence-electron chi connectivity index (χ4n) is 14.3. The molecule has 0 aliphatic heterocycles. The third-order valence-electron chi connectivity index (χ3n) is 19.5. The van der Waals surface area contributed by atoms with Gasteiger partial charge in [-0.25, -0.2) is 0 Å². The van der Waals surface area contributed by atoms with Gasteiger partial charge >= 0.3 is 71.1 Å². The van der Waals surface area contributed by atoms with Gasteiger partial charge in [-0.15, -0.1) is 90.7 Å². The lowest BCUT2D eigenvalue weighted by Crippen LogP contribution is -2.43. The number of hydrogen-bond acceptors (Lipinski definition) is 8. The van der Waals surface area contributed by atoms with Crippen LogP contribution in [0.3, 0.4) is 0 Å². The SMILES string of the molecule is Cc1sc2c#cc3cccc(c#cc4cc5c6c(c7cc(c#cc8cc(c(C)s8)c8c(c9cc(c#cc%10cccc(c#cc%11cc%12c%13c(c%14cc(c#cc%15cc(c(C)s%15)c%15c(c1c2)C(F)(F)C(F)(F)C%15(F)F)sc%14c%12s%11)C(F)(F)C(F)(F)C%13(F)F)c%10)sc9C)C(F)(F)C(F)(F)C8(F)F)sc7c5s4)C(F)(F)C(F)(F)C6(F)F)c3. The molecule has 20 bridgehead atoms. The first-order valence-electron chi connectivity index (χ1n) is 32.1. The van der Waals surface area contributed by atoms with Gasteiger partial charge in [-0.05, 0) is 158 Å². The number of rotatable bonds is 0. The molecule has 0 saturated carbocycles. The van der Waals surface area contributed by atoms with Crippen molar-refractivity contribution in [3.05, 3.63) is 234 Å². The summed E-state index contributed by atoms with van der Waals surface area (Å²) in [7, 11) is 0. The Kier molecular flexibility index (Phi) is 16.2. The van der Waals surface area contributed by atoms with Crippen molar-refractivity contribution in [2.24, 2.45) is 0 Å². The van der Waals surface area contributed by atoms with E-state index in [1.807, 2.05) is 0 Å². The lowest BCUT2D eigenvalue weighted by atomic mass is 10.00. The number of hydrogen-bond donors (Lipinski definition) is 0. The van der Waals surface area contributed by atoms with Gasteiger partial charge in [0.1, 0.15) is 0 Å². The average molecular weight is 1700 g/mol. The van der Waals surface area contributed by atoms with E-state index >= 15 is 105 Å². The molecule has 112 heavy (non-hydrogen) atoms. The predicted octanol–water partition coefficient (Wildman–Crippen LogP) is 29.5. The number of alkyl halides is 24. The molecule has 0 radical (unpaired) electrons. The van der Waals surface area contributed by atoms with E-state index in [0.717, 1.165) is 62.4 Å². The zero-order valence-electron chi connectivity index (χ0n) is 55.6. The highest BCUT2D eigenvalue weighted by atomic mass is 32.1. The third kappa shape index (κ3) is 10.2. The van der Waals surface area contributed by atoms with Gasteiger partial charge in [-0.1, -0.05) is 60.7 Å². The van der Waals surface area contributed by atoms with E-state index in [1.165, 1.54) is 62.4 Å². The highest BCUT2D eigenvalue weighted by molar-refractivity contribution is 7.33. The molecule has 0 saturated heterocycles. The summed E-state index contributed by atoms with van der Waals surface area (Å²) < 4.78 is 382. The van der Waals surface area contributed by atoms with Crippen molar-refractivity contribution in [3.8, 4) is 0 Å². The second-order valence-corrected chi connectivity index (χ2v) is 35.5. The molecule has 0 N–H and O–H groups in total. The summed E-state index contributed by atoms with van der Waals surface area (Å²) in [5.41, 5.74) is -14.1. The molecule has 0 atom stereocenters. The molecule has 0 fully saturated rings. The Morgan fingerprint density at radius 1 is 0.196 bits per heavy atom. The second-order valence-electron chi connectivity index (χ2n) is 26.3. The summed E-state index contributed by atoms with van der Waals surface area (Å²) in [4.78, 5) is -0.895. The fourth-order valence-corrected chi connectivity index (χ4v) is 22.2. The fraction of sp³-hybridized carbons (Fsp3) is 0.200. The molecule has 0 unspecified atom stereocenters. The molecule has 564 valence electrons. The summed E-state index contributed by atoms with van der Waals surface area (Å²) in [6.45, 7) is 4.61. The van der Waals surface area contributed by atoms with Crippen LogP contribution in [0.5, 0.6) is 0 Å². The van der Waals surface area contributed by atoms with E-state index in [2.05, 4.69) is 72.8 Å². The molecular weight excluding hydrogens is 1670 g/mol. The van der Waals surface area contributed by atoms with Crippen molar-refractivity contribution in [1.82, 2.24) is 0 Å². The van der Waals surface area contributed by atoms with Crippen LogP contribution in [0, 0.1) is 100 Å². The van der Waals surface area contributed by atoms with E-state index in [-0.39, 0.29) is 97.5 Å². The molecule has 9 heterocycles. The maximum Gasteiger partial charge on any atom is 0.380 e. The van der Waals surface area contributed by atoms with E-state index < -0.39 is 159 Å². The quantitative estimate of drug-likeness (QED) is 0.133. The first kappa shape index (κ1) is 75.4. The molecule has 0 amide bonds. The van der Waals surface area contributed by atoms with Crippen molar-refractivity contribution < 1.29 is 105 Å². The van der Waals surface area contributed by atoms with Crippen LogP contribution >= 0.6 is 90.7 Å². The number of benzene rings is 4. The van der Waals surface area contributed by atoms with E-state index in [0.29, 0.717) is 90.7 Å². The zero-order valence-corrected chi connectivity index (χ0v) is 62.1. The summed E-state index contributed by atoms with van der Waals surface area (Å²) in [6.07, 6.45) is 0. The van der Waals surface area contributed by atoms with Gasteiger partial charge in [-0.3, -0.25) is 0 Å². The predicted molar refractivity (Wildman–Crippen MR) is 390 cm³/mol. The Bertz CT molecular complexity index is 6480. The van der Waals surface area contributed by atoms with Crippen LogP contribution in [-0.2, 0) is 47.4 Å². The maximum absolute atomic E-state index is 16.4. The Morgan fingerprint density at radius 2 is 0.348 bits per heavy atom. The molecule has 4 aliphatic rings. The van der Waals surface area contributed by atoms with Gasteiger partial charge in [0.2, 0.25) is 0 Å². The first-order chi connectivity index (χ1) is 52.2. The standard InChI is InChI=1S/C80H28F24S8/c1-33-49-25-41(105-33)15-11-37-7-5-9-39(23-37)13-17-45-29-53-61-64(76(95,96)80(103,104)73(61,89)90)56-32-48(112-68(56)66(53)109-45)22-20-44-28-52(36(4)108-44)60-58(70(83,84)78(99,100)72(60,87)88)50-26-42(106-34(50)2)16-12-38-8-6-10-40(24-38)14-18-46-30-54-62-63(75(93,94)79(101,102)74(62,91)92)55-31-47(111-67(55)65(54)110-46)21-19-43-27-51(35(3)107-43)59-57(49)69(81,82)77(97,98)71(59,85)86/h5-10,23-32H,1-4H3. The van der Waals surface area contributed by atoms with Crippen molar-refractivity contribution >= 4 is 212 Å². The molecule has 17 rings (SSSR count). The molecular formula is C80H28F24S8. The van der Waals surface area contributed by atoms with Crippen molar-refractivity contribution in [1.29, 1.82) is 0 Å². The van der Waals surface area contributed by atoms with Gasteiger partial charge in [0, 0.05) is 107 Å². The van der Waals surface area contributed by atoms with E-state index in [4.69, 9.17) is 0 Å². The summed E-state index contributed by atoms with van der Waals surface area (Å²) >= 11 is 4.72. The van der Waals surface area contributed by atoms with E-state index in [9.17, 15) is 0 Å². The van der Waals surface area contributed by atoms with Crippen molar-refractivity contribution in [2.45, 2.75) is 98.8 Å². The van der Waals surface area contributed by atoms with Gasteiger partial charge in [0.05, 0.1) is 56.4 Å². The molecule has 9 aromatic heterocycles. The summed E-state index contributed by atoms with van der Waals surface area (Å²) in [5.74, 6) is -68.6. The van der Waals surface area contributed by atoms with Crippen LogP contribution < -0.4 is 0 Å². The lowest BCUT2D eigenvalue weighted by molar-refractivity contribution is -0.302. The average Bonchev–Trinajstić information content (AvgIpc) is 1.52. The number of halogens is 24. The highest BCUT2D eigenvalue weighted by Crippen LogP contribution is 2.71.